The Morgan fingerprint density at radius 3 is 2.78 bits per heavy atom. The van der Waals surface area contributed by atoms with Crippen molar-refractivity contribution in [2.24, 2.45) is 7.05 Å². The van der Waals surface area contributed by atoms with Gasteiger partial charge < -0.3 is 11.1 Å². The summed E-state index contributed by atoms with van der Waals surface area (Å²) in [6.07, 6.45) is 1.47. The van der Waals surface area contributed by atoms with Gasteiger partial charge in [-0.05, 0) is 18.1 Å². The number of aromatic nitrogens is 2. The van der Waals surface area contributed by atoms with Crippen molar-refractivity contribution in [3.63, 3.8) is 0 Å². The lowest BCUT2D eigenvalue weighted by atomic mass is 10.1. The first-order valence-electron chi connectivity index (χ1n) is 5.69. The van der Waals surface area contributed by atoms with Gasteiger partial charge in [0.25, 0.3) is 5.91 Å². The van der Waals surface area contributed by atoms with Crippen LogP contribution in [0.2, 0.25) is 0 Å². The lowest BCUT2D eigenvalue weighted by Gasteiger charge is -2.07. The first kappa shape index (κ1) is 12.2. The second kappa shape index (κ2) is 4.91. The molecular weight excluding hydrogens is 228 g/mol. The van der Waals surface area contributed by atoms with E-state index in [0.717, 1.165) is 11.1 Å². The summed E-state index contributed by atoms with van der Waals surface area (Å²) < 4.78 is 1.47. The number of nitrogen functional groups attached to an aromatic ring is 1. The highest BCUT2D eigenvalue weighted by molar-refractivity contribution is 5.98. The molecule has 94 valence electrons. The molecule has 0 bridgehead atoms. The summed E-state index contributed by atoms with van der Waals surface area (Å²) in [5.74, 6) is 0.168. The molecule has 0 radical (unpaired) electrons. The first-order chi connectivity index (χ1) is 8.59. The predicted molar refractivity (Wildman–Crippen MR) is 70.0 cm³/mol. The molecule has 18 heavy (non-hydrogen) atoms. The van der Waals surface area contributed by atoms with Crippen LogP contribution in [0.5, 0.6) is 0 Å². The zero-order valence-electron chi connectivity index (χ0n) is 10.5. The third-order valence-electron chi connectivity index (χ3n) is 2.93. The number of nitrogens with zero attached hydrogens (tertiary/aromatic N) is 2. The zero-order valence-corrected chi connectivity index (χ0v) is 10.5. The molecule has 0 aliphatic carbocycles. The minimum absolute atomic E-state index is 0.205. The van der Waals surface area contributed by atoms with Crippen LogP contribution in [0, 0.1) is 6.92 Å². The quantitative estimate of drug-likeness (QED) is 0.853. The Labute approximate surface area is 106 Å². The molecule has 0 atom stereocenters. The van der Waals surface area contributed by atoms with Gasteiger partial charge in [0.05, 0.1) is 6.20 Å². The molecule has 5 heteroatoms. The van der Waals surface area contributed by atoms with Crippen LogP contribution in [0.4, 0.5) is 5.82 Å². The van der Waals surface area contributed by atoms with E-state index in [-0.39, 0.29) is 5.91 Å². The molecule has 1 amide bonds. The molecule has 0 spiro atoms. The van der Waals surface area contributed by atoms with Crippen LogP contribution >= 0.6 is 0 Å². The summed E-state index contributed by atoms with van der Waals surface area (Å²) >= 11 is 0. The Morgan fingerprint density at radius 1 is 1.44 bits per heavy atom. The standard InChI is InChI=1S/C13H16N4O/c1-9-5-3-4-6-10(9)7-15-13(18)11-8-16-17(2)12(11)14/h3-6,8H,7,14H2,1-2H3,(H,15,18). The Kier molecular flexibility index (Phi) is 3.32. The fraction of sp³-hybridized carbons (Fsp3) is 0.231. The molecule has 3 N–H and O–H groups in total. The van der Waals surface area contributed by atoms with E-state index < -0.39 is 0 Å². The van der Waals surface area contributed by atoms with Crippen molar-refractivity contribution in [2.75, 3.05) is 5.73 Å². The largest absolute Gasteiger partial charge is 0.383 e. The van der Waals surface area contributed by atoms with Crippen molar-refractivity contribution in [3.05, 3.63) is 47.2 Å². The van der Waals surface area contributed by atoms with Crippen LogP contribution in [0.1, 0.15) is 21.5 Å². The highest BCUT2D eigenvalue weighted by atomic mass is 16.1. The normalized spacial score (nSPS) is 10.3. The molecule has 0 unspecified atom stereocenters. The third kappa shape index (κ3) is 2.34. The van der Waals surface area contributed by atoms with E-state index in [9.17, 15) is 4.79 Å². The summed E-state index contributed by atoms with van der Waals surface area (Å²) in [6, 6.07) is 7.93. The van der Waals surface area contributed by atoms with Crippen LogP contribution in [0.3, 0.4) is 0 Å². The predicted octanol–water partition coefficient (Wildman–Crippen LogP) is 1.24. The van der Waals surface area contributed by atoms with Gasteiger partial charge in [-0.15, -0.1) is 0 Å². The molecule has 1 aromatic heterocycles. The van der Waals surface area contributed by atoms with Gasteiger partial charge in [-0.3, -0.25) is 9.48 Å². The van der Waals surface area contributed by atoms with Crippen LogP contribution in [0.25, 0.3) is 0 Å². The Hall–Kier alpha value is -2.30. The molecular formula is C13H16N4O. The molecule has 0 saturated heterocycles. The summed E-state index contributed by atoms with van der Waals surface area (Å²) in [5.41, 5.74) is 8.39. The van der Waals surface area contributed by atoms with Crippen LogP contribution in [0.15, 0.2) is 30.5 Å². The van der Waals surface area contributed by atoms with Gasteiger partial charge in [0.15, 0.2) is 0 Å². The summed E-state index contributed by atoms with van der Waals surface area (Å²) in [4.78, 5) is 11.9. The van der Waals surface area contributed by atoms with Crippen molar-refractivity contribution in [1.29, 1.82) is 0 Å². The van der Waals surface area contributed by atoms with Crippen molar-refractivity contribution >= 4 is 11.7 Å². The van der Waals surface area contributed by atoms with Gasteiger partial charge in [0.1, 0.15) is 11.4 Å². The van der Waals surface area contributed by atoms with E-state index in [1.165, 1.54) is 10.9 Å². The van der Waals surface area contributed by atoms with E-state index in [0.29, 0.717) is 17.9 Å². The fourth-order valence-corrected chi connectivity index (χ4v) is 1.70. The highest BCUT2D eigenvalue weighted by Gasteiger charge is 2.13. The number of hydrogen-bond acceptors (Lipinski definition) is 3. The summed E-state index contributed by atoms with van der Waals surface area (Å²) in [5, 5.41) is 6.78. The van der Waals surface area contributed by atoms with Crippen molar-refractivity contribution < 1.29 is 4.79 Å². The number of nitrogens with two attached hydrogens (primary N) is 1. The highest BCUT2D eigenvalue weighted by Crippen LogP contribution is 2.10. The number of amides is 1. The average Bonchev–Trinajstić information content (AvgIpc) is 2.69. The number of carbonyl (C=O) groups excluding carboxylic acids is 1. The molecule has 5 nitrogen and oxygen atoms in total. The zero-order chi connectivity index (χ0) is 13.1. The molecule has 0 saturated carbocycles. The van der Waals surface area contributed by atoms with Crippen LogP contribution in [-0.4, -0.2) is 15.7 Å². The number of nitrogens with one attached hydrogen (secondary N) is 1. The minimum atomic E-state index is -0.205. The lowest BCUT2D eigenvalue weighted by molar-refractivity contribution is 0.0951. The number of aryl methyl sites for hydroxylation is 2. The van der Waals surface area contributed by atoms with E-state index in [1.807, 2.05) is 31.2 Å². The van der Waals surface area contributed by atoms with Crippen LogP contribution < -0.4 is 11.1 Å². The van der Waals surface area contributed by atoms with Gasteiger partial charge >= 0.3 is 0 Å². The van der Waals surface area contributed by atoms with Gasteiger partial charge in [0, 0.05) is 13.6 Å². The van der Waals surface area contributed by atoms with Crippen molar-refractivity contribution in [2.45, 2.75) is 13.5 Å². The van der Waals surface area contributed by atoms with Crippen molar-refractivity contribution in [1.82, 2.24) is 15.1 Å². The smallest absolute Gasteiger partial charge is 0.256 e. The van der Waals surface area contributed by atoms with E-state index in [4.69, 9.17) is 5.73 Å². The van der Waals surface area contributed by atoms with E-state index in [1.54, 1.807) is 7.05 Å². The third-order valence-corrected chi connectivity index (χ3v) is 2.93. The van der Waals surface area contributed by atoms with Crippen LogP contribution in [-0.2, 0) is 13.6 Å². The van der Waals surface area contributed by atoms with Gasteiger partial charge in [-0.2, -0.15) is 5.10 Å². The first-order valence-corrected chi connectivity index (χ1v) is 5.69. The Morgan fingerprint density at radius 2 is 2.17 bits per heavy atom. The molecule has 0 aliphatic heterocycles. The minimum Gasteiger partial charge on any atom is -0.383 e. The molecule has 1 heterocycles. The second-order valence-electron chi connectivity index (χ2n) is 4.18. The van der Waals surface area contributed by atoms with E-state index in [2.05, 4.69) is 10.4 Å². The number of anilines is 1. The number of carbonyl (C=O) groups is 1. The molecule has 2 rings (SSSR count). The lowest BCUT2D eigenvalue weighted by Crippen LogP contribution is -2.23. The van der Waals surface area contributed by atoms with Gasteiger partial charge in [-0.1, -0.05) is 24.3 Å². The molecule has 0 fully saturated rings. The monoisotopic (exact) mass is 244 g/mol. The number of benzene rings is 1. The number of hydrogen-bond donors (Lipinski definition) is 2. The molecule has 0 aliphatic rings. The Balaban J connectivity index is 2.05. The molecule has 1 aromatic carbocycles. The summed E-state index contributed by atoms with van der Waals surface area (Å²) in [6.45, 7) is 2.50. The fourth-order valence-electron chi connectivity index (χ4n) is 1.70. The van der Waals surface area contributed by atoms with Crippen molar-refractivity contribution in [3.8, 4) is 0 Å². The van der Waals surface area contributed by atoms with Gasteiger partial charge in [0.2, 0.25) is 0 Å². The Bertz CT molecular complexity index is 574. The topological polar surface area (TPSA) is 72.9 Å². The maximum atomic E-state index is 11.9. The maximum absolute atomic E-state index is 11.9. The average molecular weight is 244 g/mol. The summed E-state index contributed by atoms with van der Waals surface area (Å²) in [7, 11) is 1.70. The SMILES string of the molecule is Cc1ccccc1CNC(=O)c1cnn(C)c1N. The van der Waals surface area contributed by atoms with Gasteiger partial charge in [-0.25, -0.2) is 0 Å². The molecule has 2 aromatic rings. The number of rotatable bonds is 3. The van der Waals surface area contributed by atoms with E-state index >= 15 is 0 Å². The second-order valence-corrected chi connectivity index (χ2v) is 4.18. The maximum Gasteiger partial charge on any atom is 0.256 e.